The molecule has 6 N–H and O–H groups in total. The van der Waals surface area contributed by atoms with Gasteiger partial charge in [-0.05, 0) is 230 Å². The Bertz CT molecular complexity index is 5310. The lowest BCUT2D eigenvalue weighted by Crippen LogP contribution is -2.58. The first kappa shape index (κ1) is 69.2. The molecule has 11 aromatic heterocycles. The van der Waals surface area contributed by atoms with E-state index in [0.717, 1.165) is 77.5 Å². The summed E-state index contributed by atoms with van der Waals surface area (Å²) in [6.45, 7) is 28.9. The smallest absolute Gasteiger partial charge is 0.216 e. The summed E-state index contributed by atoms with van der Waals surface area (Å²) in [5, 5.41) is 109. The number of hydrogen-bond donors (Lipinski definition) is 6. The van der Waals surface area contributed by atoms with Crippen LogP contribution < -0.4 is 20.7 Å². The third kappa shape index (κ3) is 14.5. The van der Waals surface area contributed by atoms with Gasteiger partial charge in [0.05, 0.1) is 59.2 Å². The van der Waals surface area contributed by atoms with Crippen molar-refractivity contribution in [3.8, 4) is 90.4 Å². The van der Waals surface area contributed by atoms with Crippen molar-refractivity contribution < 1.29 is 20.1 Å². The second kappa shape index (κ2) is 26.3. The topological polar surface area (TPSA) is 362 Å². The molecule has 3 saturated heterocycles. The highest BCUT2D eigenvalue weighted by atomic mass is 16.5. The third-order valence-corrected chi connectivity index (χ3v) is 19.5. The van der Waals surface area contributed by atoms with Gasteiger partial charge in [0.15, 0.2) is 5.65 Å². The van der Waals surface area contributed by atoms with Gasteiger partial charge in [-0.1, -0.05) is 39.1 Å². The summed E-state index contributed by atoms with van der Waals surface area (Å²) in [5.41, 5.74) is 13.8. The normalized spacial score (nSPS) is 17.7. The van der Waals surface area contributed by atoms with Gasteiger partial charge in [-0.15, -0.1) is 51.0 Å². The molecule has 0 aliphatic carbocycles. The van der Waals surface area contributed by atoms with Crippen molar-refractivity contribution in [2.45, 2.75) is 180 Å². The van der Waals surface area contributed by atoms with E-state index in [1.807, 2.05) is 106 Å². The van der Waals surface area contributed by atoms with E-state index in [2.05, 4.69) is 191 Å². The summed E-state index contributed by atoms with van der Waals surface area (Å²) < 4.78 is 14.5. The zero-order chi connectivity index (χ0) is 73.5. The highest BCUT2D eigenvalue weighted by Gasteiger charge is 2.42. The highest BCUT2D eigenvalue weighted by Crippen LogP contribution is 2.42. The van der Waals surface area contributed by atoms with Gasteiger partial charge in [0.25, 0.3) is 0 Å². The van der Waals surface area contributed by atoms with Crippen LogP contribution in [0.2, 0.25) is 0 Å². The lowest BCUT2D eigenvalue weighted by atomic mass is 9.79. The number of phenols is 3. The first-order valence-corrected chi connectivity index (χ1v) is 35.2. The summed E-state index contributed by atoms with van der Waals surface area (Å²) in [5.74, 6) is 0.798. The zero-order valence-electron chi connectivity index (χ0n) is 60.9. The predicted molar refractivity (Wildman–Crippen MR) is 396 cm³/mol. The molecule has 105 heavy (non-hydrogen) atoms. The number of phenolic OH excluding ortho intramolecular Hbond substituents is 3. The maximum Gasteiger partial charge on any atom is 0.216 e. The van der Waals surface area contributed by atoms with E-state index in [9.17, 15) is 15.3 Å². The fourth-order valence-corrected chi connectivity index (χ4v) is 16.2. The molecule has 0 unspecified atom stereocenters. The van der Waals surface area contributed by atoms with E-state index in [4.69, 9.17) is 4.74 Å². The lowest BCUT2D eigenvalue weighted by molar-refractivity contribution is 0.126. The molecule has 538 valence electrons. The Labute approximate surface area is 604 Å². The van der Waals surface area contributed by atoms with Gasteiger partial charge >= 0.3 is 0 Å². The molecule has 0 bridgehead atoms. The molecular formula is C75H84N26O4. The average molecular weight is 1410 g/mol. The number of rotatable bonds is 11. The van der Waals surface area contributed by atoms with Crippen LogP contribution in [0.5, 0.6) is 23.1 Å². The predicted octanol–water partition coefficient (Wildman–Crippen LogP) is 11.5. The van der Waals surface area contributed by atoms with Crippen LogP contribution in [0.15, 0.2) is 134 Å². The maximum absolute atomic E-state index is 10.8. The number of aromatic nitrogens is 23. The van der Waals surface area contributed by atoms with Crippen molar-refractivity contribution in [1.82, 2.24) is 131 Å². The Kier molecular flexibility index (Phi) is 17.4. The molecule has 17 rings (SSSR count). The molecular weight excluding hydrogens is 1330 g/mol. The number of piperidine rings is 3. The fourth-order valence-electron chi connectivity index (χ4n) is 16.2. The van der Waals surface area contributed by atoms with E-state index in [1.165, 1.54) is 12.7 Å². The minimum atomic E-state index is -0.0291. The molecule has 3 aliphatic rings. The number of aromatic hydroxyl groups is 3. The minimum Gasteiger partial charge on any atom is -0.507 e. The van der Waals surface area contributed by atoms with Crippen LogP contribution in [0.4, 0.5) is 0 Å². The van der Waals surface area contributed by atoms with Gasteiger partial charge in [-0.3, -0.25) is 0 Å². The van der Waals surface area contributed by atoms with E-state index in [0.29, 0.717) is 85.4 Å². The summed E-state index contributed by atoms with van der Waals surface area (Å²) in [7, 11) is 0. The van der Waals surface area contributed by atoms with Crippen LogP contribution in [-0.2, 0) is 0 Å². The van der Waals surface area contributed by atoms with Crippen LogP contribution in [0.25, 0.3) is 112 Å². The first-order valence-electron chi connectivity index (χ1n) is 35.2. The Morgan fingerprint density at radius 3 is 1.23 bits per heavy atom. The van der Waals surface area contributed by atoms with E-state index >= 15 is 0 Å². The van der Waals surface area contributed by atoms with Gasteiger partial charge < -0.3 is 36.0 Å². The number of benzene rings is 3. The zero-order valence-corrected chi connectivity index (χ0v) is 60.9. The van der Waals surface area contributed by atoms with E-state index in [1.54, 1.807) is 45.6 Å². The van der Waals surface area contributed by atoms with Crippen LogP contribution in [0.3, 0.4) is 0 Å². The number of nitrogens with one attached hydrogen (secondary N) is 3. The van der Waals surface area contributed by atoms with Crippen LogP contribution in [-0.4, -0.2) is 170 Å². The van der Waals surface area contributed by atoms with Crippen molar-refractivity contribution >= 4 is 44.7 Å². The van der Waals surface area contributed by atoms with E-state index < -0.39 is 0 Å². The number of hydrogen-bond acceptors (Lipinski definition) is 25. The van der Waals surface area contributed by atoms with Gasteiger partial charge in [-0.2, -0.15) is 5.10 Å². The molecule has 0 amide bonds. The fraction of sp³-hybridized carbons (Fsp3) is 0.387. The molecule has 30 nitrogen and oxygen atoms in total. The van der Waals surface area contributed by atoms with Gasteiger partial charge in [0.1, 0.15) is 46.5 Å². The maximum atomic E-state index is 10.8. The molecule has 0 saturated carbocycles. The highest BCUT2D eigenvalue weighted by molar-refractivity contribution is 5.83. The number of pyridine rings is 2. The Morgan fingerprint density at radius 2 is 0.800 bits per heavy atom. The van der Waals surface area contributed by atoms with Crippen LogP contribution in [0.1, 0.15) is 147 Å². The molecule has 0 radical (unpaired) electrons. The summed E-state index contributed by atoms with van der Waals surface area (Å²) in [4.78, 5) is 12.6. The van der Waals surface area contributed by atoms with E-state index in [-0.39, 0.29) is 68.6 Å². The third-order valence-electron chi connectivity index (χ3n) is 19.5. The summed E-state index contributed by atoms with van der Waals surface area (Å²) in [6.07, 6.45) is 13.8. The number of ether oxygens (including phenoxy) is 1. The Morgan fingerprint density at radius 1 is 0.400 bits per heavy atom. The minimum absolute atomic E-state index is 0.0231. The SMILES string of the molecule is CC1(C)CC(n2nnc3cc(-c4ccc(-c5ccn6ncnc6c5)cc4O)nnc32)CC(C)(C)N1.CC1(C)CC(n2nnc3cc(-c4ccc(-c5ccn6nncc6c5)cc4O)nnc32)CC(C)(C)N1.CCOc1cc(-c2ccc(-c3cc4nnn(C5CC(C)(C)NC(C)(C)C5)c4nn3)c(O)c2)ncn1. The molecule has 3 fully saturated rings. The largest absolute Gasteiger partial charge is 0.507 e. The van der Waals surface area contributed by atoms with Gasteiger partial charge in [-0.25, -0.2) is 38.0 Å². The molecule has 3 aliphatic heterocycles. The molecule has 14 aromatic rings. The molecule has 30 heteroatoms. The van der Waals surface area contributed by atoms with Crippen molar-refractivity contribution in [1.29, 1.82) is 0 Å². The van der Waals surface area contributed by atoms with Crippen molar-refractivity contribution in [3.05, 3.63) is 134 Å². The second-order valence-corrected chi connectivity index (χ2v) is 31.6. The van der Waals surface area contributed by atoms with Crippen LogP contribution >= 0.6 is 0 Å². The average Bonchev–Trinajstić information content (AvgIpc) is 1.72. The lowest BCUT2D eigenvalue weighted by Gasteiger charge is -2.46. The molecule has 3 aromatic carbocycles. The van der Waals surface area contributed by atoms with Gasteiger partial charge in [0.2, 0.25) is 22.8 Å². The number of nitrogens with zero attached hydrogens (tertiary/aromatic N) is 23. The summed E-state index contributed by atoms with van der Waals surface area (Å²) >= 11 is 0. The van der Waals surface area contributed by atoms with Crippen molar-refractivity contribution in [2.75, 3.05) is 6.61 Å². The first-order chi connectivity index (χ1) is 50.0. The molecule has 14 heterocycles. The second-order valence-electron chi connectivity index (χ2n) is 31.6. The Hall–Kier alpha value is -11.5. The van der Waals surface area contributed by atoms with Crippen LogP contribution in [0, 0.1) is 0 Å². The quantitative estimate of drug-likeness (QED) is 0.0700. The standard InChI is InChI=1S/2C25H27N9O.C25H30N8O2/c1-24(2)12-18(13-25(3,4)30-24)34-23-21(28-32-34)11-20(27-29-23)19-6-5-15(10-22(19)35)16-7-8-33-17(9-16)14-26-31-33;1-24(2)12-17(13-25(3,4)31-24)34-23-20(29-32-34)11-19(28-30-23)18-6-5-15(9-21(18)35)16-7-8-33-22(10-16)26-14-27-33;1-6-35-22-11-18(26-14-27-22)15-7-8-17(21(34)9-15)19-10-20-23(30-28-19)33(32-29-20)16-12-24(2,3)31-25(4,5)13-16/h5-11,14,18,30,35H,12-13H2,1-4H3;5-11,14,17,31,35H,12-13H2,1-4H3;7-11,14,16,31,34H,6,12-13H2,1-5H3. The van der Waals surface area contributed by atoms with Crippen molar-refractivity contribution in [2.24, 2.45) is 0 Å². The summed E-state index contributed by atoms with van der Waals surface area (Å²) in [6, 6.07) is 31.8. The molecule has 0 spiro atoms. The Balaban J connectivity index is 0.000000126. The van der Waals surface area contributed by atoms with Crippen molar-refractivity contribution in [3.63, 3.8) is 0 Å². The monoisotopic (exact) mass is 1410 g/mol. The molecule has 0 atom stereocenters. The number of fused-ring (bicyclic) bond motifs is 5. The van der Waals surface area contributed by atoms with Gasteiger partial charge in [0, 0.05) is 73.9 Å².